The molecule has 13 heavy (non-hydrogen) atoms. The van der Waals surface area contributed by atoms with E-state index in [4.69, 9.17) is 0 Å². The third-order valence-electron chi connectivity index (χ3n) is 3.55. The van der Waals surface area contributed by atoms with Crippen LogP contribution in [0.15, 0.2) is 0 Å². The van der Waals surface area contributed by atoms with Gasteiger partial charge in [-0.05, 0) is 63.5 Å². The molecule has 4 heteroatoms. The number of rotatable bonds is 2. The molecule has 0 spiro atoms. The SMILES string of the molecule is O=C(Br)C1CC2CCC1(C(=O)Br)C2. The van der Waals surface area contributed by atoms with Crippen molar-refractivity contribution in [2.75, 3.05) is 0 Å². The highest BCUT2D eigenvalue weighted by Gasteiger charge is 2.57. The second-order valence-electron chi connectivity index (χ2n) is 4.13. The monoisotopic (exact) mass is 308 g/mol. The number of halogens is 2. The zero-order valence-electron chi connectivity index (χ0n) is 7.06. The minimum Gasteiger partial charge on any atom is -0.286 e. The molecule has 0 amide bonds. The fraction of sp³-hybridized carbons (Fsp3) is 0.778. The van der Waals surface area contributed by atoms with E-state index in [1.54, 1.807) is 0 Å². The van der Waals surface area contributed by atoms with Gasteiger partial charge < -0.3 is 0 Å². The van der Waals surface area contributed by atoms with Crippen molar-refractivity contribution < 1.29 is 9.59 Å². The van der Waals surface area contributed by atoms with Crippen molar-refractivity contribution in [1.82, 2.24) is 0 Å². The molecule has 2 nitrogen and oxygen atoms in total. The number of carbonyl (C=O) groups is 2. The molecular weight excluding hydrogens is 300 g/mol. The van der Waals surface area contributed by atoms with Crippen LogP contribution in [0.4, 0.5) is 0 Å². The van der Waals surface area contributed by atoms with E-state index < -0.39 is 0 Å². The molecule has 0 radical (unpaired) electrons. The van der Waals surface area contributed by atoms with E-state index in [-0.39, 0.29) is 20.7 Å². The molecule has 3 atom stereocenters. The minimum atomic E-state index is -0.370. The van der Waals surface area contributed by atoms with Crippen LogP contribution in [0.2, 0.25) is 0 Å². The van der Waals surface area contributed by atoms with Gasteiger partial charge in [-0.1, -0.05) is 0 Å². The summed E-state index contributed by atoms with van der Waals surface area (Å²) in [7, 11) is 0. The maximum Gasteiger partial charge on any atom is 0.204 e. The zero-order chi connectivity index (χ0) is 9.64. The summed E-state index contributed by atoms with van der Waals surface area (Å²) in [5.41, 5.74) is -0.370. The highest BCUT2D eigenvalue weighted by molar-refractivity contribution is 9.18. The zero-order valence-corrected chi connectivity index (χ0v) is 10.2. The maximum absolute atomic E-state index is 11.5. The van der Waals surface area contributed by atoms with Gasteiger partial charge in [-0.25, -0.2) is 0 Å². The van der Waals surface area contributed by atoms with E-state index in [0.29, 0.717) is 5.92 Å². The normalized spacial score (nSPS) is 42.3. The molecule has 72 valence electrons. The van der Waals surface area contributed by atoms with Crippen LogP contribution in [-0.2, 0) is 9.59 Å². The minimum absolute atomic E-state index is 0.00231. The summed E-state index contributed by atoms with van der Waals surface area (Å²) in [5, 5.41) is 0. The molecule has 0 heterocycles. The topological polar surface area (TPSA) is 34.1 Å². The molecule has 2 fully saturated rings. The van der Waals surface area contributed by atoms with Crippen LogP contribution in [0.1, 0.15) is 25.7 Å². The van der Waals surface area contributed by atoms with Crippen LogP contribution >= 0.6 is 31.9 Å². The average Bonchev–Trinajstić information content (AvgIpc) is 2.60. The van der Waals surface area contributed by atoms with E-state index in [1.807, 2.05) is 0 Å². The summed E-state index contributed by atoms with van der Waals surface area (Å²) in [4.78, 5) is 22.8. The molecule has 0 aliphatic heterocycles. The van der Waals surface area contributed by atoms with Crippen molar-refractivity contribution in [3.05, 3.63) is 0 Å². The molecular formula is C9H10Br2O2. The lowest BCUT2D eigenvalue weighted by atomic mass is 9.77. The van der Waals surface area contributed by atoms with E-state index in [9.17, 15) is 9.59 Å². The summed E-state index contributed by atoms with van der Waals surface area (Å²) in [6.07, 6.45) is 3.78. The Balaban J connectivity index is 2.32. The number of hydrogen-bond donors (Lipinski definition) is 0. The van der Waals surface area contributed by atoms with Crippen LogP contribution in [0.25, 0.3) is 0 Å². The third-order valence-corrected chi connectivity index (χ3v) is 4.90. The Labute approximate surface area is 93.7 Å². The van der Waals surface area contributed by atoms with Gasteiger partial charge in [0.25, 0.3) is 0 Å². The molecule has 0 aromatic heterocycles. The molecule has 2 bridgehead atoms. The van der Waals surface area contributed by atoms with Crippen molar-refractivity contribution in [3.8, 4) is 0 Å². The van der Waals surface area contributed by atoms with Gasteiger partial charge in [-0.3, -0.25) is 9.59 Å². The van der Waals surface area contributed by atoms with Crippen molar-refractivity contribution in [2.24, 2.45) is 17.3 Å². The largest absolute Gasteiger partial charge is 0.286 e. The fourth-order valence-corrected chi connectivity index (χ4v) is 4.14. The smallest absolute Gasteiger partial charge is 0.204 e. The Kier molecular flexibility index (Phi) is 2.39. The molecule has 3 unspecified atom stereocenters. The summed E-state index contributed by atoms with van der Waals surface area (Å²) in [6, 6.07) is 0. The van der Waals surface area contributed by atoms with Crippen LogP contribution in [0, 0.1) is 17.3 Å². The first-order valence-electron chi connectivity index (χ1n) is 4.45. The third kappa shape index (κ3) is 1.33. The standard InChI is InChI=1S/C9H10Br2O2/c10-7(12)6-3-5-1-2-9(6,4-5)8(11)13/h5-6H,1-4H2. The van der Waals surface area contributed by atoms with Crippen molar-refractivity contribution in [1.29, 1.82) is 0 Å². The lowest BCUT2D eigenvalue weighted by Crippen LogP contribution is -2.34. The van der Waals surface area contributed by atoms with E-state index >= 15 is 0 Å². The van der Waals surface area contributed by atoms with Gasteiger partial charge in [0, 0.05) is 5.92 Å². The van der Waals surface area contributed by atoms with Gasteiger partial charge in [-0.2, -0.15) is 0 Å². The Morgan fingerprint density at radius 1 is 1.31 bits per heavy atom. The average molecular weight is 310 g/mol. The van der Waals surface area contributed by atoms with E-state index in [1.165, 1.54) is 0 Å². The maximum atomic E-state index is 11.5. The molecule has 0 saturated heterocycles. The second-order valence-corrected chi connectivity index (χ2v) is 5.63. The first-order chi connectivity index (χ1) is 6.06. The molecule has 0 aromatic rings. The predicted octanol–water partition coefficient (Wildman–Crippen LogP) is 2.64. The van der Waals surface area contributed by atoms with Crippen molar-refractivity contribution >= 4 is 41.2 Å². The molecule has 0 aromatic carbocycles. The molecule has 2 saturated carbocycles. The van der Waals surface area contributed by atoms with Gasteiger partial charge >= 0.3 is 0 Å². The number of fused-ring (bicyclic) bond motifs is 2. The molecule has 0 N–H and O–H groups in total. The highest BCUT2D eigenvalue weighted by Crippen LogP contribution is 2.59. The number of hydrogen-bond acceptors (Lipinski definition) is 2. The first-order valence-corrected chi connectivity index (χ1v) is 6.04. The Morgan fingerprint density at radius 2 is 2.00 bits per heavy atom. The van der Waals surface area contributed by atoms with Crippen LogP contribution in [0.3, 0.4) is 0 Å². The lowest BCUT2D eigenvalue weighted by Gasteiger charge is -2.29. The number of carbonyl (C=O) groups excluding carboxylic acids is 2. The van der Waals surface area contributed by atoms with E-state index in [2.05, 4.69) is 31.9 Å². The fourth-order valence-electron chi connectivity index (χ4n) is 2.88. The Morgan fingerprint density at radius 3 is 2.38 bits per heavy atom. The highest BCUT2D eigenvalue weighted by atomic mass is 79.9. The van der Waals surface area contributed by atoms with Gasteiger partial charge in [0.1, 0.15) is 0 Å². The van der Waals surface area contributed by atoms with E-state index in [0.717, 1.165) is 25.7 Å². The summed E-state index contributed by atoms with van der Waals surface area (Å²) >= 11 is 6.04. The van der Waals surface area contributed by atoms with Gasteiger partial charge in [0.2, 0.25) is 9.39 Å². The summed E-state index contributed by atoms with van der Waals surface area (Å²) < 4.78 is 0.0281. The van der Waals surface area contributed by atoms with Crippen LogP contribution in [-0.4, -0.2) is 9.39 Å². The van der Waals surface area contributed by atoms with Crippen molar-refractivity contribution in [2.45, 2.75) is 25.7 Å². The van der Waals surface area contributed by atoms with Crippen LogP contribution in [0.5, 0.6) is 0 Å². The Hall–Kier alpha value is 0.300. The van der Waals surface area contributed by atoms with Crippen LogP contribution < -0.4 is 0 Å². The van der Waals surface area contributed by atoms with Gasteiger partial charge in [-0.15, -0.1) is 0 Å². The predicted molar refractivity (Wildman–Crippen MR) is 55.7 cm³/mol. The molecule has 2 rings (SSSR count). The Bertz CT molecular complexity index is 277. The lowest BCUT2D eigenvalue weighted by molar-refractivity contribution is -0.127. The molecule has 2 aliphatic carbocycles. The van der Waals surface area contributed by atoms with Gasteiger partial charge in [0.15, 0.2) is 0 Å². The quantitative estimate of drug-likeness (QED) is 0.735. The van der Waals surface area contributed by atoms with Crippen molar-refractivity contribution in [3.63, 3.8) is 0 Å². The first kappa shape index (κ1) is 9.84. The molecule has 2 aliphatic rings. The second kappa shape index (κ2) is 3.16. The summed E-state index contributed by atoms with van der Waals surface area (Å²) in [5.74, 6) is 0.506. The summed E-state index contributed by atoms with van der Waals surface area (Å²) in [6.45, 7) is 0. The van der Waals surface area contributed by atoms with Gasteiger partial charge in [0.05, 0.1) is 5.41 Å².